The van der Waals surface area contributed by atoms with Crippen molar-refractivity contribution in [3.05, 3.63) is 61.7 Å². The first-order chi connectivity index (χ1) is 16.9. The van der Waals surface area contributed by atoms with Gasteiger partial charge in [0.15, 0.2) is 5.52 Å². The fraction of sp³-hybridized carbons (Fsp3) is 0.435. The Hall–Kier alpha value is -4.29. The molecule has 192 valence electrons. The quantitative estimate of drug-likeness (QED) is 0.308. The molecule has 13 heteroatoms. The van der Waals surface area contributed by atoms with E-state index >= 15 is 0 Å². The molecule has 0 bridgehead atoms. The summed E-state index contributed by atoms with van der Waals surface area (Å²) in [6, 6.07) is 7.82. The summed E-state index contributed by atoms with van der Waals surface area (Å²) >= 11 is 0. The zero-order chi connectivity index (χ0) is 26.1. The Morgan fingerprint density at radius 2 is 1.78 bits per heavy atom. The molecule has 4 rings (SSSR count). The Morgan fingerprint density at radius 3 is 2.50 bits per heavy atom. The van der Waals surface area contributed by atoms with Crippen LogP contribution in [0.5, 0.6) is 5.75 Å². The van der Waals surface area contributed by atoms with Gasteiger partial charge in [-0.15, -0.1) is 0 Å². The van der Waals surface area contributed by atoms with Gasteiger partial charge >= 0.3 is 29.1 Å². The fourth-order valence-electron chi connectivity index (χ4n) is 5.20. The highest BCUT2D eigenvalue weighted by Crippen LogP contribution is 2.45. The second kappa shape index (κ2) is 9.40. The van der Waals surface area contributed by atoms with Gasteiger partial charge in [-0.2, -0.15) is 4.68 Å². The van der Waals surface area contributed by atoms with Gasteiger partial charge in [0, 0.05) is 12.6 Å². The summed E-state index contributed by atoms with van der Waals surface area (Å²) in [5.74, 6) is 0.443. The molecular weight excluding hydrogens is 470 g/mol. The Kier molecular flexibility index (Phi) is 6.48. The molecule has 0 radical (unpaired) electrons. The summed E-state index contributed by atoms with van der Waals surface area (Å²) < 4.78 is 5.84. The molecule has 1 aromatic carbocycles. The molecule has 2 aromatic heterocycles. The number of rotatable bonds is 5. The third kappa shape index (κ3) is 5.67. The van der Waals surface area contributed by atoms with Crippen LogP contribution in [0.25, 0.3) is 11.2 Å². The van der Waals surface area contributed by atoms with Crippen LogP contribution in [0.2, 0.25) is 0 Å². The number of urea groups is 1. The summed E-state index contributed by atoms with van der Waals surface area (Å²) in [4.78, 5) is 68.0. The monoisotopic (exact) mass is 499 g/mol. The van der Waals surface area contributed by atoms with Crippen LogP contribution in [0.4, 0.5) is 9.59 Å². The first kappa shape index (κ1) is 24.8. The van der Waals surface area contributed by atoms with E-state index in [-0.39, 0.29) is 29.2 Å². The molecule has 1 aliphatic carbocycles. The van der Waals surface area contributed by atoms with E-state index in [1.807, 2.05) is 13.0 Å². The molecule has 2 atom stereocenters. The van der Waals surface area contributed by atoms with Crippen molar-refractivity contribution in [3.63, 3.8) is 0 Å². The van der Waals surface area contributed by atoms with Crippen LogP contribution in [0, 0.1) is 10.8 Å². The van der Waals surface area contributed by atoms with Gasteiger partial charge < -0.3 is 15.4 Å². The summed E-state index contributed by atoms with van der Waals surface area (Å²) in [6.45, 7) is 6.41. The minimum Gasteiger partial charge on any atom is -0.410 e. The summed E-state index contributed by atoms with van der Waals surface area (Å²) in [6.07, 6.45) is 1.54. The van der Waals surface area contributed by atoms with Gasteiger partial charge in [0.2, 0.25) is 0 Å². The molecule has 0 aliphatic heterocycles. The second-order valence-corrected chi connectivity index (χ2v) is 10.3. The number of benzene rings is 1. The highest BCUT2D eigenvalue weighted by molar-refractivity contribution is 5.82. The van der Waals surface area contributed by atoms with E-state index in [9.17, 15) is 24.0 Å². The number of ether oxygens (including phenoxy) is 1. The van der Waals surface area contributed by atoms with Gasteiger partial charge in [0.1, 0.15) is 11.4 Å². The van der Waals surface area contributed by atoms with Crippen LogP contribution in [0.3, 0.4) is 0 Å². The van der Waals surface area contributed by atoms with E-state index in [0.717, 1.165) is 12.8 Å². The third-order valence-corrected chi connectivity index (χ3v) is 6.19. The number of amides is 3. The van der Waals surface area contributed by atoms with Gasteiger partial charge in [-0.05, 0) is 42.2 Å². The van der Waals surface area contributed by atoms with Crippen molar-refractivity contribution in [1.82, 2.24) is 30.3 Å². The van der Waals surface area contributed by atoms with Crippen molar-refractivity contribution in [1.29, 1.82) is 0 Å². The number of aromatic amines is 3. The SMILES string of the molecule is CC1(C)CC(NC(=O)Oc2ccccc2)CC(C)(CNC(=O)Nn2c(=O)[nH]c3[nH]c(=O)[nH]c3c2=O)C1. The van der Waals surface area contributed by atoms with Crippen LogP contribution in [0.1, 0.15) is 40.0 Å². The second-order valence-electron chi connectivity index (χ2n) is 10.3. The summed E-state index contributed by atoms with van der Waals surface area (Å²) in [5.41, 5.74) is -0.996. The predicted molar refractivity (Wildman–Crippen MR) is 132 cm³/mol. The van der Waals surface area contributed by atoms with E-state index < -0.39 is 34.5 Å². The van der Waals surface area contributed by atoms with Gasteiger partial charge in [-0.3, -0.25) is 19.7 Å². The topological polar surface area (TPSA) is 183 Å². The number of H-pyrrole nitrogens is 3. The Morgan fingerprint density at radius 1 is 1.06 bits per heavy atom. The zero-order valence-corrected chi connectivity index (χ0v) is 20.2. The number of hydrogen-bond acceptors (Lipinski definition) is 6. The van der Waals surface area contributed by atoms with E-state index in [1.165, 1.54) is 0 Å². The number of aromatic nitrogens is 4. The average molecular weight is 500 g/mol. The predicted octanol–water partition coefficient (Wildman–Crippen LogP) is 1.33. The third-order valence-electron chi connectivity index (χ3n) is 6.19. The maximum Gasteiger partial charge on any atom is 0.412 e. The van der Waals surface area contributed by atoms with Crippen molar-refractivity contribution in [2.75, 3.05) is 12.0 Å². The van der Waals surface area contributed by atoms with E-state index in [4.69, 9.17) is 4.74 Å². The smallest absolute Gasteiger partial charge is 0.410 e. The minimum absolute atomic E-state index is 0.0604. The number of para-hydroxylation sites is 1. The number of carbonyl (C=O) groups is 2. The number of imidazole rings is 1. The van der Waals surface area contributed by atoms with Crippen LogP contribution in [-0.2, 0) is 0 Å². The first-order valence-corrected chi connectivity index (χ1v) is 11.5. The molecule has 3 amide bonds. The number of carbonyl (C=O) groups excluding carboxylic acids is 2. The molecule has 13 nitrogen and oxygen atoms in total. The molecule has 0 spiro atoms. The van der Waals surface area contributed by atoms with Gasteiger partial charge in [-0.25, -0.2) is 24.6 Å². The maximum absolute atomic E-state index is 12.6. The lowest BCUT2D eigenvalue weighted by Gasteiger charge is -2.46. The Bertz CT molecular complexity index is 1450. The van der Waals surface area contributed by atoms with Gasteiger partial charge in [-0.1, -0.05) is 39.0 Å². The van der Waals surface area contributed by atoms with Crippen molar-refractivity contribution in [2.45, 2.75) is 46.1 Å². The van der Waals surface area contributed by atoms with Crippen LogP contribution >= 0.6 is 0 Å². The number of fused-ring (bicyclic) bond motifs is 1. The average Bonchev–Trinajstić information content (AvgIpc) is 3.14. The number of hydrogen-bond donors (Lipinski definition) is 6. The van der Waals surface area contributed by atoms with Crippen LogP contribution < -0.4 is 37.7 Å². The maximum atomic E-state index is 12.6. The lowest BCUT2D eigenvalue weighted by molar-refractivity contribution is 0.0722. The molecule has 2 unspecified atom stereocenters. The van der Waals surface area contributed by atoms with Crippen LogP contribution in [0.15, 0.2) is 44.7 Å². The first-order valence-electron chi connectivity index (χ1n) is 11.5. The molecule has 3 aromatic rings. The van der Waals surface area contributed by atoms with Gasteiger partial charge in [0.05, 0.1) is 0 Å². The van der Waals surface area contributed by atoms with Crippen LogP contribution in [-0.4, -0.2) is 44.3 Å². The summed E-state index contributed by atoms with van der Waals surface area (Å²) in [7, 11) is 0. The highest BCUT2D eigenvalue weighted by Gasteiger charge is 2.42. The largest absolute Gasteiger partial charge is 0.412 e. The minimum atomic E-state index is -0.913. The van der Waals surface area contributed by atoms with Gasteiger partial charge in [0.25, 0.3) is 0 Å². The standard InChI is InChI=1S/C23H29N7O6/c1-22(2)9-13(25-21(35)36-14-7-5-4-6-8-14)10-23(3,11-22)12-24-18(32)29-30-17(31)15-16(28-20(30)34)27-19(33)26-15/h4-8,13H,9-12H2,1-3H3,(H,25,35)(H,28,34)(H2,24,29,32)(H2,26,27,33). The molecule has 36 heavy (non-hydrogen) atoms. The fourth-order valence-corrected chi connectivity index (χ4v) is 5.20. The van der Waals surface area contributed by atoms with E-state index in [1.54, 1.807) is 24.3 Å². The Balaban J connectivity index is 1.40. The lowest BCUT2D eigenvalue weighted by Crippen LogP contribution is -2.52. The van der Waals surface area contributed by atoms with Crippen molar-refractivity contribution >= 4 is 23.3 Å². The molecule has 0 saturated heterocycles. The van der Waals surface area contributed by atoms with Crippen molar-refractivity contribution < 1.29 is 14.3 Å². The zero-order valence-electron chi connectivity index (χ0n) is 20.2. The Labute approximate surface area is 204 Å². The number of nitrogens with zero attached hydrogens (tertiary/aromatic N) is 1. The highest BCUT2D eigenvalue weighted by atomic mass is 16.6. The normalized spacial score (nSPS) is 21.0. The number of nitrogens with one attached hydrogen (secondary N) is 6. The van der Waals surface area contributed by atoms with E-state index in [0.29, 0.717) is 16.8 Å². The van der Waals surface area contributed by atoms with E-state index in [2.05, 4.69) is 44.9 Å². The molecular formula is C23H29N7O6. The van der Waals surface area contributed by atoms with Crippen molar-refractivity contribution in [2.24, 2.45) is 10.8 Å². The molecule has 1 fully saturated rings. The molecule has 6 N–H and O–H groups in total. The molecule has 1 aliphatic rings. The lowest BCUT2D eigenvalue weighted by atomic mass is 9.62. The van der Waals surface area contributed by atoms with Crippen molar-refractivity contribution in [3.8, 4) is 5.75 Å². The molecule has 1 saturated carbocycles. The molecule has 2 heterocycles. The summed E-state index contributed by atoms with van der Waals surface area (Å²) in [5, 5.41) is 5.64.